The molecule has 1 aliphatic rings. The van der Waals surface area contributed by atoms with E-state index in [9.17, 15) is 22.8 Å². The molecule has 4 nitrogen and oxygen atoms in total. The highest BCUT2D eigenvalue weighted by Gasteiger charge is 2.42. The van der Waals surface area contributed by atoms with Gasteiger partial charge in [-0.3, -0.25) is 4.79 Å². The van der Waals surface area contributed by atoms with Crippen LogP contribution in [0, 0.1) is 0 Å². The number of alkyl halides is 3. The van der Waals surface area contributed by atoms with Crippen molar-refractivity contribution >= 4 is 17.6 Å². The summed E-state index contributed by atoms with van der Waals surface area (Å²) in [5, 5.41) is 0. The number of carbonyl (C=O) groups is 2. The number of nitrogens with zero attached hydrogens (tertiary/aromatic N) is 2. The molecule has 1 aromatic carbocycles. The standard InChI is InChI=1S/C13H11F3N2O2/c1-2-7-17-8-11(19)18(12(17)20)10-6-4-3-5-9(10)13(14,15)16/h2-6H,1,7-8H2. The fourth-order valence-electron chi connectivity index (χ4n) is 1.99. The van der Waals surface area contributed by atoms with E-state index in [2.05, 4.69) is 6.58 Å². The molecule has 0 N–H and O–H groups in total. The zero-order chi connectivity index (χ0) is 14.9. The highest BCUT2D eigenvalue weighted by atomic mass is 19.4. The predicted octanol–water partition coefficient (Wildman–Crippen LogP) is 2.66. The summed E-state index contributed by atoms with van der Waals surface area (Å²) in [5.41, 5.74) is -1.45. The fraction of sp³-hybridized carbons (Fsp3) is 0.231. The number of amides is 3. The molecule has 0 saturated carbocycles. The van der Waals surface area contributed by atoms with Crippen LogP contribution in [0.15, 0.2) is 36.9 Å². The number of para-hydroxylation sites is 1. The van der Waals surface area contributed by atoms with E-state index < -0.39 is 29.4 Å². The van der Waals surface area contributed by atoms with Crippen molar-refractivity contribution in [2.45, 2.75) is 6.18 Å². The Hall–Kier alpha value is -2.31. The summed E-state index contributed by atoms with van der Waals surface area (Å²) in [6.45, 7) is 3.29. The number of urea groups is 1. The molecular weight excluding hydrogens is 273 g/mol. The molecule has 1 aliphatic heterocycles. The molecule has 1 heterocycles. The fourth-order valence-corrected chi connectivity index (χ4v) is 1.99. The molecule has 3 amide bonds. The summed E-state index contributed by atoms with van der Waals surface area (Å²) in [6, 6.07) is 3.73. The molecule has 7 heteroatoms. The van der Waals surface area contributed by atoms with Gasteiger partial charge in [-0.1, -0.05) is 18.2 Å². The van der Waals surface area contributed by atoms with E-state index in [0.717, 1.165) is 17.0 Å². The molecule has 106 valence electrons. The second-order valence-electron chi connectivity index (χ2n) is 4.20. The number of carbonyl (C=O) groups excluding carboxylic acids is 2. The molecule has 0 bridgehead atoms. The Bertz CT molecular complexity index is 569. The summed E-state index contributed by atoms with van der Waals surface area (Å²) >= 11 is 0. The van der Waals surface area contributed by atoms with Gasteiger partial charge in [0.1, 0.15) is 6.54 Å². The van der Waals surface area contributed by atoms with E-state index in [0.29, 0.717) is 4.90 Å². The average molecular weight is 284 g/mol. The second-order valence-corrected chi connectivity index (χ2v) is 4.20. The average Bonchev–Trinajstić information content (AvgIpc) is 2.64. The lowest BCUT2D eigenvalue weighted by atomic mass is 10.1. The molecule has 1 fully saturated rings. The molecular formula is C13H11F3N2O2. The molecule has 0 aliphatic carbocycles. The van der Waals surface area contributed by atoms with Gasteiger partial charge in [0.15, 0.2) is 0 Å². The lowest BCUT2D eigenvalue weighted by Gasteiger charge is -2.20. The van der Waals surface area contributed by atoms with E-state index in [1.807, 2.05) is 0 Å². The third kappa shape index (κ3) is 2.38. The Morgan fingerprint density at radius 1 is 1.25 bits per heavy atom. The van der Waals surface area contributed by atoms with Gasteiger partial charge in [0.25, 0.3) is 5.91 Å². The molecule has 0 unspecified atom stereocenters. The first-order valence-corrected chi connectivity index (χ1v) is 5.75. The number of anilines is 1. The number of hydrogen-bond acceptors (Lipinski definition) is 2. The van der Waals surface area contributed by atoms with Crippen LogP contribution in [-0.4, -0.2) is 29.9 Å². The number of hydrogen-bond donors (Lipinski definition) is 0. The Labute approximate surface area is 113 Å². The molecule has 0 radical (unpaired) electrons. The van der Waals surface area contributed by atoms with Crippen molar-refractivity contribution in [1.82, 2.24) is 4.90 Å². The number of benzene rings is 1. The predicted molar refractivity (Wildman–Crippen MR) is 66.1 cm³/mol. The minimum Gasteiger partial charge on any atom is -0.311 e. The van der Waals surface area contributed by atoms with Crippen LogP contribution in [0.1, 0.15) is 5.56 Å². The monoisotopic (exact) mass is 284 g/mol. The lowest BCUT2D eigenvalue weighted by molar-refractivity contribution is -0.137. The van der Waals surface area contributed by atoms with E-state index in [1.54, 1.807) is 0 Å². The highest BCUT2D eigenvalue weighted by molar-refractivity contribution is 6.20. The smallest absolute Gasteiger partial charge is 0.311 e. The van der Waals surface area contributed by atoms with Crippen LogP contribution in [-0.2, 0) is 11.0 Å². The molecule has 1 aromatic rings. The van der Waals surface area contributed by atoms with Gasteiger partial charge in [-0.05, 0) is 12.1 Å². The minimum absolute atomic E-state index is 0.106. The Morgan fingerprint density at radius 2 is 1.90 bits per heavy atom. The normalized spacial score (nSPS) is 15.9. The van der Waals surface area contributed by atoms with Crippen LogP contribution in [0.25, 0.3) is 0 Å². The van der Waals surface area contributed by atoms with Crippen molar-refractivity contribution < 1.29 is 22.8 Å². The maximum atomic E-state index is 12.9. The van der Waals surface area contributed by atoms with E-state index >= 15 is 0 Å². The summed E-state index contributed by atoms with van der Waals surface area (Å²) in [7, 11) is 0. The summed E-state index contributed by atoms with van der Waals surface area (Å²) in [5.74, 6) is -0.687. The maximum Gasteiger partial charge on any atom is 0.418 e. The van der Waals surface area contributed by atoms with Crippen molar-refractivity contribution in [2.75, 3.05) is 18.0 Å². The van der Waals surface area contributed by atoms with Gasteiger partial charge in [0, 0.05) is 6.54 Å². The van der Waals surface area contributed by atoms with Gasteiger partial charge in [0.05, 0.1) is 11.3 Å². The van der Waals surface area contributed by atoms with Gasteiger partial charge < -0.3 is 4.90 Å². The lowest BCUT2D eigenvalue weighted by Crippen LogP contribution is -2.34. The summed E-state index contributed by atoms with van der Waals surface area (Å²) < 4.78 is 38.8. The van der Waals surface area contributed by atoms with Crippen LogP contribution in [0.4, 0.5) is 23.7 Å². The third-order valence-electron chi connectivity index (χ3n) is 2.84. The number of rotatable bonds is 3. The minimum atomic E-state index is -4.64. The highest BCUT2D eigenvalue weighted by Crippen LogP contribution is 2.37. The first-order valence-electron chi connectivity index (χ1n) is 5.75. The van der Waals surface area contributed by atoms with Crippen LogP contribution < -0.4 is 4.90 Å². The van der Waals surface area contributed by atoms with Crippen molar-refractivity contribution in [3.63, 3.8) is 0 Å². The van der Waals surface area contributed by atoms with Crippen molar-refractivity contribution in [2.24, 2.45) is 0 Å². The Balaban J connectivity index is 2.45. The van der Waals surface area contributed by atoms with Crippen LogP contribution in [0.2, 0.25) is 0 Å². The van der Waals surface area contributed by atoms with Crippen molar-refractivity contribution in [1.29, 1.82) is 0 Å². The quantitative estimate of drug-likeness (QED) is 0.632. The Kier molecular flexibility index (Phi) is 3.52. The van der Waals surface area contributed by atoms with E-state index in [1.165, 1.54) is 18.2 Å². The number of halogens is 3. The second kappa shape index (κ2) is 4.99. The first kappa shape index (κ1) is 14.1. The van der Waals surface area contributed by atoms with Gasteiger partial charge in [-0.25, -0.2) is 9.69 Å². The Morgan fingerprint density at radius 3 is 2.50 bits per heavy atom. The third-order valence-corrected chi connectivity index (χ3v) is 2.84. The summed E-state index contributed by atoms with van der Waals surface area (Å²) in [6.07, 6.45) is -3.23. The van der Waals surface area contributed by atoms with Gasteiger partial charge in [-0.15, -0.1) is 6.58 Å². The van der Waals surface area contributed by atoms with Crippen LogP contribution in [0.5, 0.6) is 0 Å². The zero-order valence-corrected chi connectivity index (χ0v) is 10.4. The molecule has 20 heavy (non-hydrogen) atoms. The van der Waals surface area contributed by atoms with Crippen LogP contribution >= 0.6 is 0 Å². The number of imide groups is 1. The maximum absolute atomic E-state index is 12.9. The van der Waals surface area contributed by atoms with Crippen molar-refractivity contribution in [3.8, 4) is 0 Å². The van der Waals surface area contributed by atoms with Gasteiger partial charge >= 0.3 is 12.2 Å². The van der Waals surface area contributed by atoms with Crippen LogP contribution in [0.3, 0.4) is 0 Å². The van der Waals surface area contributed by atoms with Gasteiger partial charge in [0.2, 0.25) is 0 Å². The topological polar surface area (TPSA) is 40.6 Å². The largest absolute Gasteiger partial charge is 0.418 e. The zero-order valence-electron chi connectivity index (χ0n) is 10.4. The van der Waals surface area contributed by atoms with E-state index in [4.69, 9.17) is 0 Å². The molecule has 2 rings (SSSR count). The summed E-state index contributed by atoms with van der Waals surface area (Å²) in [4.78, 5) is 25.5. The molecule has 0 aromatic heterocycles. The first-order chi connectivity index (χ1) is 9.36. The SMILES string of the molecule is C=CCN1CC(=O)N(c2ccccc2C(F)(F)F)C1=O. The van der Waals surface area contributed by atoms with E-state index in [-0.39, 0.29) is 13.1 Å². The molecule has 1 saturated heterocycles. The van der Waals surface area contributed by atoms with Gasteiger partial charge in [-0.2, -0.15) is 13.2 Å². The molecule has 0 spiro atoms. The molecule has 0 atom stereocenters. The van der Waals surface area contributed by atoms with Crippen molar-refractivity contribution in [3.05, 3.63) is 42.5 Å².